The quantitative estimate of drug-likeness (QED) is 0.546. The van der Waals surface area contributed by atoms with Gasteiger partial charge in [-0.15, -0.1) is 11.3 Å². The first-order chi connectivity index (χ1) is 11.2. The van der Waals surface area contributed by atoms with E-state index in [1.54, 1.807) is 40.4 Å². The molecular weight excluding hydrogens is 332 g/mol. The first kappa shape index (κ1) is 15.4. The van der Waals surface area contributed by atoms with Crippen LogP contribution in [0.5, 0.6) is 11.5 Å². The fourth-order valence-corrected chi connectivity index (χ4v) is 2.85. The van der Waals surface area contributed by atoms with Crippen molar-refractivity contribution in [3.63, 3.8) is 0 Å². The number of aromatic hydroxyl groups is 1. The topological polar surface area (TPSA) is 75.4 Å². The maximum atomic E-state index is 9.73. The molecule has 1 aromatic carbocycles. The van der Waals surface area contributed by atoms with Crippen LogP contribution in [0.3, 0.4) is 0 Å². The minimum atomic E-state index is 0.100. The molecule has 0 spiro atoms. The Labute approximate surface area is 141 Å². The van der Waals surface area contributed by atoms with E-state index in [-0.39, 0.29) is 5.75 Å². The number of aromatic nitrogens is 3. The van der Waals surface area contributed by atoms with Crippen molar-refractivity contribution in [3.8, 4) is 22.2 Å². The number of hydrogen-bond acceptors (Lipinski definition) is 6. The van der Waals surface area contributed by atoms with Gasteiger partial charge in [0.2, 0.25) is 4.77 Å². The summed E-state index contributed by atoms with van der Waals surface area (Å²) in [7, 11) is 0. The third kappa shape index (κ3) is 3.33. The van der Waals surface area contributed by atoms with E-state index >= 15 is 0 Å². The van der Waals surface area contributed by atoms with Gasteiger partial charge in [0, 0.05) is 0 Å². The summed E-state index contributed by atoms with van der Waals surface area (Å²) < 4.78 is 7.34. The first-order valence-electron chi connectivity index (χ1n) is 6.90. The zero-order valence-corrected chi connectivity index (χ0v) is 13.9. The minimum absolute atomic E-state index is 0.100. The molecule has 23 heavy (non-hydrogen) atoms. The van der Waals surface area contributed by atoms with Crippen molar-refractivity contribution >= 4 is 29.8 Å². The molecule has 0 radical (unpaired) electrons. The Bertz CT molecular complexity index is 881. The van der Waals surface area contributed by atoms with Crippen molar-refractivity contribution in [2.45, 2.75) is 6.92 Å². The highest BCUT2D eigenvalue weighted by molar-refractivity contribution is 7.71. The minimum Gasteiger partial charge on any atom is -0.504 e. The molecule has 0 atom stereocenters. The van der Waals surface area contributed by atoms with E-state index < -0.39 is 0 Å². The molecule has 3 aromatic rings. The third-order valence-electron chi connectivity index (χ3n) is 3.00. The van der Waals surface area contributed by atoms with E-state index in [4.69, 9.17) is 17.0 Å². The Morgan fingerprint density at radius 1 is 1.48 bits per heavy atom. The fraction of sp³-hybridized carbons (Fsp3) is 0.133. The first-order valence-corrected chi connectivity index (χ1v) is 8.19. The summed E-state index contributed by atoms with van der Waals surface area (Å²) in [4.78, 5) is 0.968. The Kier molecular flexibility index (Phi) is 4.54. The number of ether oxygens (including phenoxy) is 1. The van der Waals surface area contributed by atoms with E-state index in [1.165, 1.54) is 0 Å². The van der Waals surface area contributed by atoms with Gasteiger partial charge >= 0.3 is 0 Å². The van der Waals surface area contributed by atoms with Crippen molar-refractivity contribution in [2.75, 3.05) is 6.61 Å². The van der Waals surface area contributed by atoms with Gasteiger partial charge in [0.1, 0.15) is 0 Å². The highest BCUT2D eigenvalue weighted by Crippen LogP contribution is 2.26. The van der Waals surface area contributed by atoms with E-state index in [0.717, 1.165) is 10.4 Å². The van der Waals surface area contributed by atoms with Crippen LogP contribution < -0.4 is 4.74 Å². The maximum absolute atomic E-state index is 9.73. The molecule has 0 aliphatic carbocycles. The molecular formula is C15H14N4O2S2. The predicted molar refractivity (Wildman–Crippen MR) is 93.0 cm³/mol. The van der Waals surface area contributed by atoms with Crippen molar-refractivity contribution in [3.05, 3.63) is 46.0 Å². The number of nitrogens with one attached hydrogen (secondary N) is 1. The van der Waals surface area contributed by atoms with Gasteiger partial charge in [0.15, 0.2) is 17.3 Å². The lowest BCUT2D eigenvalue weighted by molar-refractivity contribution is 0.318. The Balaban J connectivity index is 1.94. The van der Waals surface area contributed by atoms with Crippen LogP contribution in [0.1, 0.15) is 12.5 Å². The molecule has 8 heteroatoms. The van der Waals surface area contributed by atoms with Crippen molar-refractivity contribution in [2.24, 2.45) is 5.10 Å². The van der Waals surface area contributed by atoms with Crippen LogP contribution in [0.4, 0.5) is 0 Å². The molecule has 0 unspecified atom stereocenters. The van der Waals surface area contributed by atoms with Crippen molar-refractivity contribution in [1.82, 2.24) is 14.9 Å². The van der Waals surface area contributed by atoms with Gasteiger partial charge in [-0.2, -0.15) is 14.9 Å². The average Bonchev–Trinajstić information content (AvgIpc) is 3.18. The molecule has 0 aliphatic rings. The van der Waals surface area contributed by atoms with Crippen LogP contribution in [-0.2, 0) is 0 Å². The largest absolute Gasteiger partial charge is 0.504 e. The van der Waals surface area contributed by atoms with Gasteiger partial charge in [-0.1, -0.05) is 6.07 Å². The highest BCUT2D eigenvalue weighted by Gasteiger charge is 2.09. The van der Waals surface area contributed by atoms with E-state index in [2.05, 4.69) is 15.3 Å². The van der Waals surface area contributed by atoms with Crippen LogP contribution in [-0.4, -0.2) is 32.8 Å². The SMILES string of the molecule is CCOc1cc(/C=N/n2c(-c3cccs3)n[nH]c2=S)ccc1O. The zero-order valence-electron chi connectivity index (χ0n) is 12.3. The molecule has 0 aliphatic heterocycles. The second-order valence-corrected chi connectivity index (χ2v) is 5.88. The number of rotatable bonds is 5. The summed E-state index contributed by atoms with van der Waals surface area (Å²) >= 11 is 6.78. The summed E-state index contributed by atoms with van der Waals surface area (Å²) in [5, 5.41) is 23.0. The van der Waals surface area contributed by atoms with E-state index in [9.17, 15) is 5.11 Å². The lowest BCUT2D eigenvalue weighted by Crippen LogP contribution is -1.95. The molecule has 0 fully saturated rings. The third-order valence-corrected chi connectivity index (χ3v) is 4.13. The smallest absolute Gasteiger partial charge is 0.216 e. The Morgan fingerprint density at radius 3 is 3.09 bits per heavy atom. The normalized spacial score (nSPS) is 11.2. The number of aromatic amines is 1. The Morgan fingerprint density at radius 2 is 2.35 bits per heavy atom. The summed E-state index contributed by atoms with van der Waals surface area (Å²) in [6, 6.07) is 8.93. The van der Waals surface area contributed by atoms with Crippen LogP contribution in [0.2, 0.25) is 0 Å². The predicted octanol–water partition coefficient (Wildman–Crippen LogP) is 3.66. The van der Waals surface area contributed by atoms with Gasteiger partial charge in [0.25, 0.3) is 0 Å². The van der Waals surface area contributed by atoms with E-state index in [1.807, 2.05) is 24.4 Å². The van der Waals surface area contributed by atoms with Crippen LogP contribution >= 0.6 is 23.6 Å². The zero-order chi connectivity index (χ0) is 16.2. The van der Waals surface area contributed by atoms with Gasteiger partial charge in [-0.3, -0.25) is 0 Å². The standard InChI is InChI=1S/C15H14N4O2S2/c1-2-21-12-8-10(5-6-11(12)20)9-16-19-14(17-18-15(19)22)13-4-3-7-23-13/h3-9,20H,2H2,1H3,(H,18,22)/b16-9+. The lowest BCUT2D eigenvalue weighted by atomic mass is 10.2. The number of phenols is 1. The molecule has 2 heterocycles. The van der Waals surface area contributed by atoms with Crippen LogP contribution in [0, 0.1) is 4.77 Å². The molecule has 0 saturated heterocycles. The molecule has 0 amide bonds. The lowest BCUT2D eigenvalue weighted by Gasteiger charge is -2.06. The summed E-state index contributed by atoms with van der Waals surface area (Å²) in [5.41, 5.74) is 0.784. The molecule has 2 aromatic heterocycles. The van der Waals surface area contributed by atoms with Crippen LogP contribution in [0.25, 0.3) is 10.7 Å². The summed E-state index contributed by atoms with van der Waals surface area (Å²) in [6.07, 6.45) is 1.64. The second kappa shape index (κ2) is 6.76. The molecule has 0 bridgehead atoms. The fourth-order valence-electron chi connectivity index (χ4n) is 1.97. The summed E-state index contributed by atoms with van der Waals surface area (Å²) in [6.45, 7) is 2.34. The molecule has 6 nitrogen and oxygen atoms in total. The number of hydrogen-bond donors (Lipinski definition) is 2. The number of phenolic OH excluding ortho intramolecular Hbond substituents is 1. The molecule has 3 rings (SSSR count). The Hall–Kier alpha value is -2.45. The molecule has 118 valence electrons. The van der Waals surface area contributed by atoms with Gasteiger partial charge in [0.05, 0.1) is 17.7 Å². The van der Waals surface area contributed by atoms with Gasteiger partial charge in [-0.25, -0.2) is 5.10 Å². The maximum Gasteiger partial charge on any atom is 0.216 e. The number of thiophene rings is 1. The average molecular weight is 346 g/mol. The van der Waals surface area contributed by atoms with Gasteiger partial charge in [-0.05, 0) is 54.4 Å². The van der Waals surface area contributed by atoms with Crippen LogP contribution in [0.15, 0.2) is 40.8 Å². The van der Waals surface area contributed by atoms with Gasteiger partial charge < -0.3 is 9.84 Å². The highest BCUT2D eigenvalue weighted by atomic mass is 32.1. The number of nitrogens with zero attached hydrogens (tertiary/aromatic N) is 3. The monoisotopic (exact) mass is 346 g/mol. The van der Waals surface area contributed by atoms with E-state index in [0.29, 0.717) is 23.0 Å². The second-order valence-electron chi connectivity index (χ2n) is 4.55. The van der Waals surface area contributed by atoms with Crippen molar-refractivity contribution < 1.29 is 9.84 Å². The number of benzene rings is 1. The summed E-state index contributed by atoms with van der Waals surface area (Å²) in [5.74, 6) is 1.18. The number of H-pyrrole nitrogens is 1. The molecule has 2 N–H and O–H groups in total. The van der Waals surface area contributed by atoms with Crippen molar-refractivity contribution in [1.29, 1.82) is 0 Å². The molecule has 0 saturated carbocycles.